The summed E-state index contributed by atoms with van der Waals surface area (Å²) in [5.41, 5.74) is 3.62. The lowest BCUT2D eigenvalue weighted by atomic mass is 10.1. The van der Waals surface area contributed by atoms with Gasteiger partial charge in [0.1, 0.15) is 5.84 Å². The van der Waals surface area contributed by atoms with Gasteiger partial charge in [0, 0.05) is 18.8 Å². The van der Waals surface area contributed by atoms with Crippen LogP contribution in [-0.4, -0.2) is 24.3 Å². The Kier molecular flexibility index (Phi) is 5.99. The van der Waals surface area contributed by atoms with Crippen molar-refractivity contribution in [3.63, 3.8) is 0 Å². The largest absolute Gasteiger partial charge is 0.340 e. The molecule has 0 atom stereocenters. The fourth-order valence-corrected chi connectivity index (χ4v) is 3.31. The van der Waals surface area contributed by atoms with E-state index in [0.717, 1.165) is 30.1 Å². The number of amidine groups is 1. The molecule has 0 saturated carbocycles. The second-order valence-electron chi connectivity index (χ2n) is 6.15. The molecule has 0 aliphatic rings. The van der Waals surface area contributed by atoms with Crippen LogP contribution in [0.25, 0.3) is 0 Å². The molecule has 0 aliphatic carbocycles. The van der Waals surface area contributed by atoms with Crippen LogP contribution in [0.3, 0.4) is 0 Å². The SMILES string of the molecule is CN(CCc1ccc(NC(=N)c2cccs2)cc1)Cc1ccccc1. The average Bonchev–Trinajstić information content (AvgIpc) is 3.17. The second-order valence-corrected chi connectivity index (χ2v) is 7.10. The molecular formula is C21H23N3S. The van der Waals surface area contributed by atoms with Gasteiger partial charge in [0.2, 0.25) is 0 Å². The highest BCUT2D eigenvalue weighted by atomic mass is 32.1. The van der Waals surface area contributed by atoms with Gasteiger partial charge >= 0.3 is 0 Å². The third-order valence-electron chi connectivity index (χ3n) is 4.07. The summed E-state index contributed by atoms with van der Waals surface area (Å²) in [4.78, 5) is 3.29. The first kappa shape index (κ1) is 17.4. The van der Waals surface area contributed by atoms with Crippen molar-refractivity contribution in [1.29, 1.82) is 5.41 Å². The van der Waals surface area contributed by atoms with E-state index in [9.17, 15) is 0 Å². The Hall–Kier alpha value is -2.43. The van der Waals surface area contributed by atoms with Crippen LogP contribution in [0.1, 0.15) is 16.0 Å². The molecule has 3 nitrogen and oxygen atoms in total. The van der Waals surface area contributed by atoms with Crippen molar-refractivity contribution in [1.82, 2.24) is 4.90 Å². The van der Waals surface area contributed by atoms with E-state index in [1.165, 1.54) is 11.1 Å². The minimum absolute atomic E-state index is 0.449. The Balaban J connectivity index is 1.48. The lowest BCUT2D eigenvalue weighted by Gasteiger charge is -2.16. The number of thiophene rings is 1. The zero-order valence-corrected chi connectivity index (χ0v) is 15.2. The third-order valence-corrected chi connectivity index (χ3v) is 4.96. The van der Waals surface area contributed by atoms with Crippen molar-refractivity contribution in [3.05, 3.63) is 88.1 Å². The maximum Gasteiger partial charge on any atom is 0.140 e. The topological polar surface area (TPSA) is 39.1 Å². The van der Waals surface area contributed by atoms with E-state index >= 15 is 0 Å². The Morgan fingerprint density at radius 1 is 0.960 bits per heavy atom. The molecule has 0 radical (unpaired) electrons. The fourth-order valence-electron chi connectivity index (χ4n) is 2.68. The van der Waals surface area contributed by atoms with Crippen molar-refractivity contribution in [2.75, 3.05) is 18.9 Å². The van der Waals surface area contributed by atoms with Gasteiger partial charge in [-0.15, -0.1) is 11.3 Å². The van der Waals surface area contributed by atoms with E-state index in [4.69, 9.17) is 5.41 Å². The third kappa shape index (κ3) is 5.28. The van der Waals surface area contributed by atoms with Crippen LogP contribution in [-0.2, 0) is 13.0 Å². The number of anilines is 1. The fraction of sp³-hybridized carbons (Fsp3) is 0.190. The van der Waals surface area contributed by atoms with E-state index < -0.39 is 0 Å². The molecule has 0 fully saturated rings. The van der Waals surface area contributed by atoms with Crippen LogP contribution >= 0.6 is 11.3 Å². The first-order valence-corrected chi connectivity index (χ1v) is 9.29. The van der Waals surface area contributed by atoms with Crippen LogP contribution < -0.4 is 5.32 Å². The molecule has 0 bridgehead atoms. The average molecular weight is 350 g/mol. The van der Waals surface area contributed by atoms with Gasteiger partial charge in [0.05, 0.1) is 4.88 Å². The lowest BCUT2D eigenvalue weighted by molar-refractivity contribution is 0.331. The monoisotopic (exact) mass is 349 g/mol. The number of benzene rings is 2. The van der Waals surface area contributed by atoms with Gasteiger partial charge in [-0.05, 0) is 48.2 Å². The maximum absolute atomic E-state index is 8.07. The lowest BCUT2D eigenvalue weighted by Crippen LogP contribution is -2.20. The van der Waals surface area contributed by atoms with Crippen molar-refractivity contribution in [2.45, 2.75) is 13.0 Å². The number of nitrogens with zero attached hydrogens (tertiary/aromatic N) is 1. The van der Waals surface area contributed by atoms with Gasteiger partial charge in [-0.2, -0.15) is 0 Å². The highest BCUT2D eigenvalue weighted by molar-refractivity contribution is 7.12. The minimum atomic E-state index is 0.449. The molecule has 3 rings (SSSR count). The van der Waals surface area contributed by atoms with Crippen molar-refractivity contribution >= 4 is 22.9 Å². The number of nitrogens with one attached hydrogen (secondary N) is 2. The van der Waals surface area contributed by atoms with E-state index in [-0.39, 0.29) is 0 Å². The molecule has 0 aliphatic heterocycles. The molecule has 3 aromatic rings. The van der Waals surface area contributed by atoms with Crippen molar-refractivity contribution in [3.8, 4) is 0 Å². The Labute approximate surface area is 153 Å². The van der Waals surface area contributed by atoms with Crippen molar-refractivity contribution in [2.24, 2.45) is 0 Å². The predicted molar refractivity (Wildman–Crippen MR) is 108 cm³/mol. The number of hydrogen-bond acceptors (Lipinski definition) is 3. The number of rotatable bonds is 7. The molecule has 1 heterocycles. The quantitative estimate of drug-likeness (QED) is 0.472. The normalized spacial score (nSPS) is 10.8. The van der Waals surface area contributed by atoms with Gasteiger partial charge in [-0.1, -0.05) is 48.5 Å². The molecule has 128 valence electrons. The van der Waals surface area contributed by atoms with Crippen molar-refractivity contribution < 1.29 is 0 Å². The molecule has 2 N–H and O–H groups in total. The molecule has 0 spiro atoms. The summed E-state index contributed by atoms with van der Waals surface area (Å²) in [5.74, 6) is 0.449. The molecule has 1 aromatic heterocycles. The van der Waals surface area contributed by atoms with Gasteiger partial charge in [0.15, 0.2) is 0 Å². The van der Waals surface area contributed by atoms with Crippen LogP contribution in [0.15, 0.2) is 72.1 Å². The molecule has 0 amide bonds. The summed E-state index contributed by atoms with van der Waals surface area (Å²) in [6.07, 6.45) is 1.02. The molecular weight excluding hydrogens is 326 g/mol. The zero-order valence-electron chi connectivity index (χ0n) is 14.4. The second kappa shape index (κ2) is 8.60. The van der Waals surface area contributed by atoms with Crippen LogP contribution in [0.2, 0.25) is 0 Å². The van der Waals surface area contributed by atoms with Crippen LogP contribution in [0, 0.1) is 5.41 Å². The van der Waals surface area contributed by atoms with E-state index in [0.29, 0.717) is 5.84 Å². The summed E-state index contributed by atoms with van der Waals surface area (Å²) in [7, 11) is 2.16. The smallest absolute Gasteiger partial charge is 0.140 e. The van der Waals surface area contributed by atoms with E-state index in [1.807, 2.05) is 17.5 Å². The Morgan fingerprint density at radius 2 is 1.72 bits per heavy atom. The Bertz CT molecular complexity index is 780. The van der Waals surface area contributed by atoms with Gasteiger partial charge in [-0.25, -0.2) is 0 Å². The van der Waals surface area contributed by atoms with E-state index in [1.54, 1.807) is 11.3 Å². The van der Waals surface area contributed by atoms with Crippen LogP contribution in [0.4, 0.5) is 5.69 Å². The number of likely N-dealkylation sites (N-methyl/N-ethyl adjacent to an activating group) is 1. The predicted octanol–water partition coefficient (Wildman–Crippen LogP) is 4.86. The van der Waals surface area contributed by atoms with E-state index in [2.05, 4.69) is 71.9 Å². The molecule has 0 saturated heterocycles. The summed E-state index contributed by atoms with van der Waals surface area (Å²) in [5, 5.41) is 13.2. The summed E-state index contributed by atoms with van der Waals surface area (Å²) < 4.78 is 0. The first-order chi connectivity index (χ1) is 12.2. The highest BCUT2D eigenvalue weighted by Crippen LogP contribution is 2.15. The van der Waals surface area contributed by atoms with Crippen LogP contribution in [0.5, 0.6) is 0 Å². The van der Waals surface area contributed by atoms with Gasteiger partial charge in [0.25, 0.3) is 0 Å². The molecule has 2 aromatic carbocycles. The Morgan fingerprint density at radius 3 is 2.40 bits per heavy atom. The zero-order chi connectivity index (χ0) is 17.5. The van der Waals surface area contributed by atoms with Gasteiger partial charge < -0.3 is 10.2 Å². The minimum Gasteiger partial charge on any atom is -0.340 e. The highest BCUT2D eigenvalue weighted by Gasteiger charge is 2.04. The molecule has 4 heteroatoms. The standard InChI is InChI=1S/C21H23N3S/c1-24(16-18-6-3-2-4-7-18)14-13-17-9-11-19(12-10-17)23-21(22)20-8-5-15-25-20/h2-12,15H,13-14,16H2,1H3,(H2,22,23). The maximum atomic E-state index is 8.07. The molecule has 25 heavy (non-hydrogen) atoms. The van der Waals surface area contributed by atoms with Gasteiger partial charge in [-0.3, -0.25) is 5.41 Å². The number of hydrogen-bond donors (Lipinski definition) is 2. The summed E-state index contributed by atoms with van der Waals surface area (Å²) in [6.45, 7) is 1.99. The molecule has 0 unspecified atom stereocenters. The summed E-state index contributed by atoms with van der Waals surface area (Å²) in [6, 6.07) is 22.9. The summed E-state index contributed by atoms with van der Waals surface area (Å²) >= 11 is 1.57. The first-order valence-electron chi connectivity index (χ1n) is 8.41.